The lowest BCUT2D eigenvalue weighted by molar-refractivity contribution is 0.275. The maximum Gasteiger partial charge on any atom is 0.246 e. The highest BCUT2D eigenvalue weighted by Crippen LogP contribution is 2.32. The summed E-state index contributed by atoms with van der Waals surface area (Å²) in [6.45, 7) is 2.54. The minimum absolute atomic E-state index is 0.0872. The number of nitrogens with zero attached hydrogens (tertiary/aromatic N) is 3. The monoisotopic (exact) mass is 349 g/mol. The number of sulfonamides is 1. The molecule has 0 amide bonds. The first-order chi connectivity index (χ1) is 11.5. The van der Waals surface area contributed by atoms with E-state index in [0.29, 0.717) is 19.4 Å². The first kappa shape index (κ1) is 17.1. The Morgan fingerprint density at radius 2 is 1.96 bits per heavy atom. The first-order valence-corrected chi connectivity index (χ1v) is 9.71. The molecular formula is C17H23N3O3S. The van der Waals surface area contributed by atoms with E-state index in [2.05, 4.69) is 5.10 Å². The molecule has 1 fully saturated rings. The zero-order chi connectivity index (χ0) is 17.2. The van der Waals surface area contributed by atoms with Crippen LogP contribution < -0.4 is 0 Å². The highest BCUT2D eigenvalue weighted by molar-refractivity contribution is 7.89. The van der Waals surface area contributed by atoms with Gasteiger partial charge in [-0.3, -0.25) is 0 Å². The molecule has 1 aliphatic rings. The number of aromatic nitrogens is 2. The van der Waals surface area contributed by atoms with Gasteiger partial charge >= 0.3 is 0 Å². The molecule has 3 rings (SSSR count). The second kappa shape index (κ2) is 7.04. The lowest BCUT2D eigenvalue weighted by Crippen LogP contribution is -2.34. The van der Waals surface area contributed by atoms with Crippen LogP contribution in [0.5, 0.6) is 0 Å². The van der Waals surface area contributed by atoms with Gasteiger partial charge in [-0.05, 0) is 44.7 Å². The topological polar surface area (TPSA) is 75.4 Å². The van der Waals surface area contributed by atoms with Gasteiger partial charge in [0.1, 0.15) is 4.90 Å². The molecule has 1 N–H and O–H groups in total. The van der Waals surface area contributed by atoms with Crippen molar-refractivity contribution in [1.29, 1.82) is 0 Å². The fourth-order valence-electron chi connectivity index (χ4n) is 2.65. The van der Waals surface area contributed by atoms with E-state index in [0.717, 1.165) is 24.1 Å². The zero-order valence-electron chi connectivity index (χ0n) is 13.8. The maximum absolute atomic E-state index is 12.9. The highest BCUT2D eigenvalue weighted by atomic mass is 32.2. The number of hydrogen-bond acceptors (Lipinski definition) is 4. The molecule has 1 saturated carbocycles. The van der Waals surface area contributed by atoms with Gasteiger partial charge in [0.2, 0.25) is 10.0 Å². The molecule has 1 aromatic carbocycles. The maximum atomic E-state index is 12.9. The van der Waals surface area contributed by atoms with Crippen LogP contribution in [0.1, 0.15) is 31.2 Å². The lowest BCUT2D eigenvalue weighted by atomic mass is 10.2. The van der Waals surface area contributed by atoms with Gasteiger partial charge in [0.15, 0.2) is 0 Å². The molecule has 0 bridgehead atoms. The van der Waals surface area contributed by atoms with Crippen molar-refractivity contribution in [3.8, 4) is 5.69 Å². The summed E-state index contributed by atoms with van der Waals surface area (Å²) in [5.41, 5.74) is 1.97. The summed E-state index contributed by atoms with van der Waals surface area (Å²) >= 11 is 0. The fourth-order valence-corrected chi connectivity index (χ4v) is 4.31. The van der Waals surface area contributed by atoms with E-state index in [1.165, 1.54) is 6.20 Å². The average molecular weight is 349 g/mol. The minimum atomic E-state index is -3.55. The molecule has 7 heteroatoms. The summed E-state index contributed by atoms with van der Waals surface area (Å²) in [4.78, 5) is 0.221. The van der Waals surface area contributed by atoms with Gasteiger partial charge in [0.05, 0.1) is 18.1 Å². The molecule has 0 spiro atoms. The van der Waals surface area contributed by atoms with E-state index in [-0.39, 0.29) is 17.5 Å². The highest BCUT2D eigenvalue weighted by Gasteiger charge is 2.38. The SMILES string of the molecule is Cc1ccc(-n2cc(S(=O)(=O)N(CCCCO)C3CC3)cn2)cc1. The smallest absolute Gasteiger partial charge is 0.246 e. The Morgan fingerprint density at radius 1 is 1.25 bits per heavy atom. The Morgan fingerprint density at radius 3 is 2.58 bits per heavy atom. The molecule has 1 heterocycles. The van der Waals surface area contributed by atoms with Crippen LogP contribution in [-0.4, -0.2) is 46.8 Å². The molecule has 2 aromatic rings. The Balaban J connectivity index is 1.82. The molecular weight excluding hydrogens is 326 g/mol. The normalized spacial score (nSPS) is 15.1. The van der Waals surface area contributed by atoms with Crippen molar-refractivity contribution in [2.45, 2.75) is 43.5 Å². The number of unbranched alkanes of at least 4 members (excludes halogenated alkanes) is 1. The van der Waals surface area contributed by atoms with E-state index >= 15 is 0 Å². The molecule has 1 aromatic heterocycles. The van der Waals surface area contributed by atoms with E-state index in [1.54, 1.807) is 15.2 Å². The molecule has 0 atom stereocenters. The summed E-state index contributed by atoms with van der Waals surface area (Å²) in [6.07, 6.45) is 6.08. The van der Waals surface area contributed by atoms with Crippen molar-refractivity contribution in [1.82, 2.24) is 14.1 Å². The third-order valence-corrected chi connectivity index (χ3v) is 6.11. The van der Waals surface area contributed by atoms with Gasteiger partial charge in [-0.15, -0.1) is 0 Å². The lowest BCUT2D eigenvalue weighted by Gasteiger charge is -2.20. The molecule has 130 valence electrons. The Bertz CT molecular complexity index is 780. The third-order valence-electron chi connectivity index (χ3n) is 4.20. The number of rotatable bonds is 8. The van der Waals surface area contributed by atoms with Crippen LogP contribution in [0.15, 0.2) is 41.6 Å². The average Bonchev–Trinajstić information content (AvgIpc) is 3.26. The van der Waals surface area contributed by atoms with Crippen LogP contribution in [-0.2, 0) is 10.0 Å². The number of hydrogen-bond donors (Lipinski definition) is 1. The first-order valence-electron chi connectivity index (χ1n) is 8.27. The van der Waals surface area contributed by atoms with Crippen LogP contribution in [0, 0.1) is 6.92 Å². The predicted octanol–water partition coefficient (Wildman–Crippen LogP) is 2.11. The summed E-state index contributed by atoms with van der Waals surface area (Å²) in [6, 6.07) is 7.86. The van der Waals surface area contributed by atoms with Crippen LogP contribution in [0.4, 0.5) is 0 Å². The van der Waals surface area contributed by atoms with Gasteiger partial charge in [-0.2, -0.15) is 9.40 Å². The fraction of sp³-hybridized carbons (Fsp3) is 0.471. The summed E-state index contributed by atoms with van der Waals surface area (Å²) in [7, 11) is -3.55. The van der Waals surface area contributed by atoms with Crippen LogP contribution in [0.3, 0.4) is 0 Å². The second-order valence-corrected chi connectivity index (χ2v) is 8.12. The predicted molar refractivity (Wildman–Crippen MR) is 91.5 cm³/mol. The Labute approximate surface area is 142 Å². The van der Waals surface area contributed by atoms with Gasteiger partial charge < -0.3 is 5.11 Å². The van der Waals surface area contributed by atoms with Crippen molar-refractivity contribution in [3.05, 3.63) is 42.2 Å². The quantitative estimate of drug-likeness (QED) is 0.741. The number of aliphatic hydroxyl groups is 1. The van der Waals surface area contributed by atoms with Gasteiger partial charge in [-0.1, -0.05) is 17.7 Å². The molecule has 0 radical (unpaired) electrons. The summed E-state index contributed by atoms with van der Waals surface area (Å²) in [5, 5.41) is 13.1. The molecule has 24 heavy (non-hydrogen) atoms. The van der Waals surface area contributed by atoms with Crippen molar-refractivity contribution in [2.75, 3.05) is 13.2 Å². The van der Waals surface area contributed by atoms with Crippen molar-refractivity contribution < 1.29 is 13.5 Å². The van der Waals surface area contributed by atoms with Crippen molar-refractivity contribution in [2.24, 2.45) is 0 Å². The molecule has 6 nitrogen and oxygen atoms in total. The Hall–Kier alpha value is -1.70. The van der Waals surface area contributed by atoms with Crippen LogP contribution >= 0.6 is 0 Å². The standard InChI is InChI=1S/C17H23N3O3S/c1-14-4-6-15(7-5-14)19-13-17(12-18-19)24(22,23)20(16-8-9-16)10-2-3-11-21/h4-7,12-13,16,21H,2-3,8-11H2,1H3. The summed E-state index contributed by atoms with van der Waals surface area (Å²) < 4.78 is 29.0. The molecule has 1 aliphatic carbocycles. The molecule has 0 aliphatic heterocycles. The van der Waals surface area contributed by atoms with Crippen LogP contribution in [0.25, 0.3) is 5.69 Å². The number of aryl methyl sites for hydroxylation is 1. The van der Waals surface area contributed by atoms with Crippen molar-refractivity contribution >= 4 is 10.0 Å². The summed E-state index contributed by atoms with van der Waals surface area (Å²) in [5.74, 6) is 0. The van der Waals surface area contributed by atoms with E-state index < -0.39 is 10.0 Å². The van der Waals surface area contributed by atoms with Gasteiger partial charge in [0.25, 0.3) is 0 Å². The van der Waals surface area contributed by atoms with E-state index in [9.17, 15) is 8.42 Å². The van der Waals surface area contributed by atoms with Crippen LogP contribution in [0.2, 0.25) is 0 Å². The van der Waals surface area contributed by atoms with Gasteiger partial charge in [0, 0.05) is 19.2 Å². The number of benzene rings is 1. The molecule has 0 unspecified atom stereocenters. The second-order valence-electron chi connectivity index (χ2n) is 6.23. The minimum Gasteiger partial charge on any atom is -0.396 e. The Kier molecular flexibility index (Phi) is 5.03. The number of aliphatic hydroxyl groups excluding tert-OH is 1. The van der Waals surface area contributed by atoms with E-state index in [4.69, 9.17) is 5.11 Å². The largest absolute Gasteiger partial charge is 0.396 e. The van der Waals surface area contributed by atoms with Gasteiger partial charge in [-0.25, -0.2) is 13.1 Å². The third kappa shape index (κ3) is 3.68. The van der Waals surface area contributed by atoms with Crippen molar-refractivity contribution in [3.63, 3.8) is 0 Å². The zero-order valence-corrected chi connectivity index (χ0v) is 14.6. The molecule has 0 saturated heterocycles. The van der Waals surface area contributed by atoms with E-state index in [1.807, 2.05) is 31.2 Å².